The quantitative estimate of drug-likeness (QED) is 0.519. The van der Waals surface area contributed by atoms with Crippen molar-refractivity contribution >= 4 is 17.3 Å². The molecule has 0 amide bonds. The average molecular weight is 373 g/mol. The molecule has 2 aromatic rings. The van der Waals surface area contributed by atoms with Gasteiger partial charge >= 0.3 is 0 Å². The fourth-order valence-corrected chi connectivity index (χ4v) is 3.30. The molecule has 1 atom stereocenters. The van der Waals surface area contributed by atoms with Crippen LogP contribution in [0, 0.1) is 5.92 Å². The number of nitrogens with zero attached hydrogens (tertiary/aromatic N) is 2. The van der Waals surface area contributed by atoms with Gasteiger partial charge in [-0.15, -0.1) is 11.3 Å². The van der Waals surface area contributed by atoms with Crippen LogP contribution < -0.4 is 15.4 Å². The number of rotatable bonds is 9. The number of pyridine rings is 1. The van der Waals surface area contributed by atoms with Gasteiger partial charge in [-0.1, -0.05) is 19.1 Å². The summed E-state index contributed by atoms with van der Waals surface area (Å²) in [4.78, 5) is 10.4. The molecule has 0 aliphatic heterocycles. The van der Waals surface area contributed by atoms with Crippen molar-refractivity contribution in [2.24, 2.45) is 10.9 Å². The van der Waals surface area contributed by atoms with E-state index in [1.54, 1.807) is 11.3 Å². The Bertz CT molecular complexity index is 680. The first-order chi connectivity index (χ1) is 12.7. The third-order valence-corrected chi connectivity index (χ3v) is 5.43. The molecule has 2 N–H and O–H groups in total. The van der Waals surface area contributed by atoms with Gasteiger partial charge in [-0.25, -0.2) is 9.98 Å². The van der Waals surface area contributed by atoms with Crippen LogP contribution >= 0.6 is 11.3 Å². The summed E-state index contributed by atoms with van der Waals surface area (Å²) in [5.74, 6) is 2.75. The number of guanidine groups is 1. The Kier molecular flexibility index (Phi) is 6.89. The molecule has 0 bridgehead atoms. The molecule has 0 saturated heterocycles. The molecule has 6 heteroatoms. The second-order valence-corrected chi connectivity index (χ2v) is 7.73. The van der Waals surface area contributed by atoms with E-state index in [2.05, 4.69) is 52.0 Å². The molecule has 140 valence electrons. The summed E-state index contributed by atoms with van der Waals surface area (Å²) in [5, 5.41) is 8.85. The Balaban J connectivity index is 1.49. The molecule has 0 aromatic carbocycles. The van der Waals surface area contributed by atoms with Crippen LogP contribution in [0.5, 0.6) is 5.88 Å². The zero-order valence-electron chi connectivity index (χ0n) is 15.6. The standard InChI is InChI=1S/C20H28N4OS/c1-3-21-20(23-11-15(2)18-5-4-10-26-18)24-13-17-8-9-19(22-12-17)25-14-16-6-7-16/h4-5,8-10,12,15-16H,3,6-7,11,13-14H2,1-2H3,(H2,21,23,24). The van der Waals surface area contributed by atoms with Crippen LogP contribution in [0.15, 0.2) is 40.8 Å². The zero-order chi connectivity index (χ0) is 18.2. The van der Waals surface area contributed by atoms with E-state index in [4.69, 9.17) is 4.74 Å². The summed E-state index contributed by atoms with van der Waals surface area (Å²) in [5.41, 5.74) is 1.08. The Labute approximate surface area is 159 Å². The number of hydrogen-bond acceptors (Lipinski definition) is 4. The van der Waals surface area contributed by atoms with Crippen molar-refractivity contribution in [3.05, 3.63) is 46.3 Å². The van der Waals surface area contributed by atoms with Crippen molar-refractivity contribution in [2.75, 3.05) is 19.7 Å². The Morgan fingerprint density at radius 2 is 2.23 bits per heavy atom. The summed E-state index contributed by atoms with van der Waals surface area (Å²) in [6.07, 6.45) is 4.43. The Morgan fingerprint density at radius 1 is 1.35 bits per heavy atom. The van der Waals surface area contributed by atoms with Crippen LogP contribution in [0.4, 0.5) is 0 Å². The van der Waals surface area contributed by atoms with Crippen molar-refractivity contribution in [3.63, 3.8) is 0 Å². The molecule has 26 heavy (non-hydrogen) atoms. The zero-order valence-corrected chi connectivity index (χ0v) is 16.4. The molecule has 5 nitrogen and oxygen atoms in total. The SMILES string of the molecule is CCNC(=NCc1ccc(OCC2CC2)nc1)NCC(C)c1cccs1. The number of aliphatic imine (C=N–C) groups is 1. The third kappa shape index (κ3) is 6.02. The highest BCUT2D eigenvalue weighted by Crippen LogP contribution is 2.29. The minimum absolute atomic E-state index is 0.462. The summed E-state index contributed by atoms with van der Waals surface area (Å²) >= 11 is 1.80. The minimum atomic E-state index is 0.462. The largest absolute Gasteiger partial charge is 0.477 e. The maximum Gasteiger partial charge on any atom is 0.213 e. The lowest BCUT2D eigenvalue weighted by molar-refractivity contribution is 0.288. The second-order valence-electron chi connectivity index (χ2n) is 6.75. The summed E-state index contributed by atoms with van der Waals surface area (Å²) in [6, 6.07) is 8.25. The minimum Gasteiger partial charge on any atom is -0.477 e. The summed E-state index contributed by atoms with van der Waals surface area (Å²) in [7, 11) is 0. The van der Waals surface area contributed by atoms with Crippen molar-refractivity contribution in [3.8, 4) is 5.88 Å². The molecule has 0 radical (unpaired) electrons. The van der Waals surface area contributed by atoms with E-state index < -0.39 is 0 Å². The van der Waals surface area contributed by atoms with Crippen molar-refractivity contribution in [1.29, 1.82) is 0 Å². The number of hydrogen-bond donors (Lipinski definition) is 2. The van der Waals surface area contributed by atoms with Gasteiger partial charge < -0.3 is 15.4 Å². The van der Waals surface area contributed by atoms with Crippen molar-refractivity contribution in [1.82, 2.24) is 15.6 Å². The van der Waals surface area contributed by atoms with E-state index in [1.165, 1.54) is 17.7 Å². The van der Waals surface area contributed by atoms with Gasteiger partial charge in [0.25, 0.3) is 0 Å². The number of thiophene rings is 1. The fraction of sp³-hybridized carbons (Fsp3) is 0.500. The highest BCUT2D eigenvalue weighted by atomic mass is 32.1. The number of ether oxygens (including phenoxy) is 1. The monoisotopic (exact) mass is 372 g/mol. The van der Waals surface area contributed by atoms with Crippen LogP contribution in [0.1, 0.15) is 43.0 Å². The molecule has 3 rings (SSSR count). The van der Waals surface area contributed by atoms with Gasteiger partial charge in [0.2, 0.25) is 5.88 Å². The molecule has 1 aliphatic rings. The first kappa shape index (κ1) is 18.7. The Morgan fingerprint density at radius 3 is 2.88 bits per heavy atom. The lowest BCUT2D eigenvalue weighted by Gasteiger charge is -2.15. The molecule has 2 heterocycles. The van der Waals surface area contributed by atoms with Gasteiger partial charge in [-0.3, -0.25) is 0 Å². The Hall–Kier alpha value is -2.08. The van der Waals surface area contributed by atoms with E-state index in [0.717, 1.165) is 37.1 Å². The topological polar surface area (TPSA) is 58.5 Å². The average Bonchev–Trinajstić information content (AvgIpc) is 3.33. The lowest BCUT2D eigenvalue weighted by Crippen LogP contribution is -2.39. The van der Waals surface area contributed by atoms with Gasteiger partial charge in [0.05, 0.1) is 13.2 Å². The first-order valence-electron chi connectivity index (χ1n) is 9.38. The van der Waals surface area contributed by atoms with Gasteiger partial charge in [-0.05, 0) is 42.7 Å². The van der Waals surface area contributed by atoms with Gasteiger partial charge in [0.15, 0.2) is 5.96 Å². The van der Waals surface area contributed by atoms with Crippen LogP contribution in [0.3, 0.4) is 0 Å². The van der Waals surface area contributed by atoms with Crippen molar-refractivity contribution in [2.45, 2.75) is 39.2 Å². The molecular formula is C20H28N4OS. The molecule has 1 unspecified atom stereocenters. The van der Waals surface area contributed by atoms with Crippen LogP contribution in [0.2, 0.25) is 0 Å². The number of nitrogens with one attached hydrogen (secondary N) is 2. The predicted octanol–water partition coefficient (Wildman–Crippen LogP) is 3.79. The lowest BCUT2D eigenvalue weighted by atomic mass is 10.1. The van der Waals surface area contributed by atoms with Crippen LogP contribution in [0.25, 0.3) is 0 Å². The first-order valence-corrected chi connectivity index (χ1v) is 10.3. The highest BCUT2D eigenvalue weighted by molar-refractivity contribution is 7.10. The maximum atomic E-state index is 5.68. The van der Waals surface area contributed by atoms with E-state index >= 15 is 0 Å². The van der Waals surface area contributed by atoms with Crippen molar-refractivity contribution < 1.29 is 4.74 Å². The maximum absolute atomic E-state index is 5.68. The molecule has 1 fully saturated rings. The summed E-state index contributed by atoms with van der Waals surface area (Å²) in [6.45, 7) is 7.39. The normalized spacial score (nSPS) is 15.5. The number of aromatic nitrogens is 1. The molecule has 1 aliphatic carbocycles. The second kappa shape index (κ2) is 9.57. The molecule has 1 saturated carbocycles. The highest BCUT2D eigenvalue weighted by Gasteiger charge is 2.22. The van der Waals surface area contributed by atoms with E-state index in [-0.39, 0.29) is 0 Å². The fourth-order valence-electron chi connectivity index (χ4n) is 2.51. The smallest absolute Gasteiger partial charge is 0.213 e. The summed E-state index contributed by atoms with van der Waals surface area (Å²) < 4.78 is 5.68. The third-order valence-electron chi connectivity index (χ3n) is 4.33. The van der Waals surface area contributed by atoms with E-state index in [9.17, 15) is 0 Å². The van der Waals surface area contributed by atoms with Gasteiger partial charge in [0.1, 0.15) is 0 Å². The molecule has 0 spiro atoms. The van der Waals surface area contributed by atoms with Gasteiger partial charge in [0, 0.05) is 36.1 Å². The van der Waals surface area contributed by atoms with Gasteiger partial charge in [-0.2, -0.15) is 0 Å². The predicted molar refractivity (Wildman–Crippen MR) is 108 cm³/mol. The molecule has 2 aromatic heterocycles. The van der Waals surface area contributed by atoms with E-state index in [0.29, 0.717) is 18.3 Å². The van der Waals surface area contributed by atoms with E-state index in [1.807, 2.05) is 18.3 Å². The molecular weight excluding hydrogens is 344 g/mol. The van der Waals surface area contributed by atoms with Crippen LogP contribution in [-0.2, 0) is 6.54 Å². The van der Waals surface area contributed by atoms with Crippen LogP contribution in [-0.4, -0.2) is 30.6 Å².